The zero-order chi connectivity index (χ0) is 17.6. The van der Waals surface area contributed by atoms with Crippen molar-refractivity contribution < 1.29 is 13.2 Å². The summed E-state index contributed by atoms with van der Waals surface area (Å²) in [6.45, 7) is 7.14. The maximum Gasteiger partial charge on any atom is 0.243 e. The molecular weight excluding hydrogens is 445 g/mol. The quantitative estimate of drug-likeness (QED) is 0.322. The van der Waals surface area contributed by atoms with Gasteiger partial charge in [0, 0.05) is 39.8 Å². The number of guanidine groups is 1. The smallest absolute Gasteiger partial charge is 0.243 e. The van der Waals surface area contributed by atoms with Crippen molar-refractivity contribution in [3.05, 3.63) is 0 Å². The SMILES string of the molecule is CCNS(=O)(=O)C1CCN(C(=NCC(=O)N(C)C)NC(C)C)C1.I. The van der Waals surface area contributed by atoms with Gasteiger partial charge in [-0.3, -0.25) is 4.79 Å². The second kappa shape index (κ2) is 10.4. The largest absolute Gasteiger partial charge is 0.354 e. The monoisotopic (exact) mass is 475 g/mol. The van der Waals surface area contributed by atoms with Gasteiger partial charge in [0.2, 0.25) is 15.9 Å². The molecule has 24 heavy (non-hydrogen) atoms. The van der Waals surface area contributed by atoms with Crippen LogP contribution in [0.4, 0.5) is 0 Å². The van der Waals surface area contributed by atoms with Crippen molar-refractivity contribution in [2.75, 3.05) is 40.3 Å². The molecular formula is C14H30IN5O3S. The highest BCUT2D eigenvalue weighted by atomic mass is 127. The Morgan fingerprint density at radius 3 is 2.50 bits per heavy atom. The highest BCUT2D eigenvalue weighted by Crippen LogP contribution is 2.16. The zero-order valence-corrected chi connectivity index (χ0v) is 18.2. The van der Waals surface area contributed by atoms with Crippen LogP contribution in [0, 0.1) is 0 Å². The number of hydrogen-bond acceptors (Lipinski definition) is 4. The first-order valence-electron chi connectivity index (χ1n) is 7.92. The van der Waals surface area contributed by atoms with E-state index in [1.807, 2.05) is 18.7 Å². The van der Waals surface area contributed by atoms with Gasteiger partial charge in [-0.15, -0.1) is 24.0 Å². The van der Waals surface area contributed by atoms with Crippen molar-refractivity contribution in [3.8, 4) is 0 Å². The van der Waals surface area contributed by atoms with Crippen LogP contribution in [0.2, 0.25) is 0 Å². The minimum atomic E-state index is -3.30. The summed E-state index contributed by atoms with van der Waals surface area (Å²) in [5.74, 6) is 0.494. The van der Waals surface area contributed by atoms with E-state index < -0.39 is 15.3 Å². The van der Waals surface area contributed by atoms with E-state index >= 15 is 0 Å². The topological polar surface area (TPSA) is 94.1 Å². The van der Waals surface area contributed by atoms with Gasteiger partial charge in [0.1, 0.15) is 6.54 Å². The van der Waals surface area contributed by atoms with Crippen LogP contribution in [0.1, 0.15) is 27.2 Å². The van der Waals surface area contributed by atoms with Crippen molar-refractivity contribution in [2.24, 2.45) is 4.99 Å². The molecule has 1 heterocycles. The van der Waals surface area contributed by atoms with Gasteiger partial charge < -0.3 is 15.1 Å². The van der Waals surface area contributed by atoms with Crippen LogP contribution in [-0.2, 0) is 14.8 Å². The summed E-state index contributed by atoms with van der Waals surface area (Å²) < 4.78 is 26.8. The fraction of sp³-hybridized carbons (Fsp3) is 0.857. The lowest BCUT2D eigenvalue weighted by molar-refractivity contribution is -0.127. The first-order chi connectivity index (χ1) is 10.7. The summed E-state index contributed by atoms with van der Waals surface area (Å²) in [7, 11) is 0.0663. The molecule has 1 atom stereocenters. The lowest BCUT2D eigenvalue weighted by atomic mass is 10.4. The van der Waals surface area contributed by atoms with Crippen LogP contribution in [0.3, 0.4) is 0 Å². The third-order valence-electron chi connectivity index (χ3n) is 3.51. The molecule has 1 saturated heterocycles. The van der Waals surface area contributed by atoms with E-state index in [0.717, 1.165) is 0 Å². The molecule has 1 amide bonds. The fourth-order valence-corrected chi connectivity index (χ4v) is 3.70. The molecule has 1 unspecified atom stereocenters. The number of nitrogens with zero attached hydrogens (tertiary/aromatic N) is 3. The Morgan fingerprint density at radius 1 is 1.38 bits per heavy atom. The molecule has 0 spiro atoms. The van der Waals surface area contributed by atoms with E-state index in [1.165, 1.54) is 4.90 Å². The number of rotatable bonds is 6. The summed E-state index contributed by atoms with van der Waals surface area (Å²) in [4.78, 5) is 19.5. The van der Waals surface area contributed by atoms with Gasteiger partial charge in [0.05, 0.1) is 5.25 Å². The Kier molecular flexibility index (Phi) is 10.1. The van der Waals surface area contributed by atoms with Crippen LogP contribution in [0.25, 0.3) is 0 Å². The number of amides is 1. The highest BCUT2D eigenvalue weighted by molar-refractivity contribution is 14.0. The zero-order valence-electron chi connectivity index (χ0n) is 15.1. The third kappa shape index (κ3) is 7.09. The van der Waals surface area contributed by atoms with E-state index in [4.69, 9.17) is 0 Å². The summed E-state index contributed by atoms with van der Waals surface area (Å²) in [5, 5.41) is 2.76. The predicted molar refractivity (Wildman–Crippen MR) is 107 cm³/mol. The van der Waals surface area contributed by atoms with Gasteiger partial charge >= 0.3 is 0 Å². The van der Waals surface area contributed by atoms with Crippen LogP contribution in [0.5, 0.6) is 0 Å². The molecule has 10 heteroatoms. The van der Waals surface area contributed by atoms with Gasteiger partial charge in [-0.1, -0.05) is 6.92 Å². The average molecular weight is 475 g/mol. The molecule has 1 fully saturated rings. The molecule has 0 saturated carbocycles. The Labute approximate surface area is 162 Å². The van der Waals surface area contributed by atoms with E-state index in [-0.39, 0.29) is 42.5 Å². The number of likely N-dealkylation sites (tertiary alicyclic amines) is 1. The fourth-order valence-electron chi connectivity index (χ4n) is 2.27. The minimum Gasteiger partial charge on any atom is -0.354 e. The molecule has 0 radical (unpaired) electrons. The first-order valence-corrected chi connectivity index (χ1v) is 9.46. The number of carbonyl (C=O) groups excluding carboxylic acids is 1. The minimum absolute atomic E-state index is 0. The van der Waals surface area contributed by atoms with Crippen LogP contribution in [0.15, 0.2) is 4.99 Å². The first kappa shape index (κ1) is 23.4. The number of sulfonamides is 1. The van der Waals surface area contributed by atoms with Crippen molar-refractivity contribution in [3.63, 3.8) is 0 Å². The molecule has 2 N–H and O–H groups in total. The molecule has 8 nitrogen and oxygen atoms in total. The molecule has 0 aromatic heterocycles. The second-order valence-corrected chi connectivity index (χ2v) is 8.17. The second-order valence-electron chi connectivity index (χ2n) is 6.13. The van der Waals surface area contributed by atoms with Gasteiger partial charge in [-0.05, 0) is 20.3 Å². The van der Waals surface area contributed by atoms with Crippen molar-refractivity contribution in [1.29, 1.82) is 0 Å². The Hall–Kier alpha value is -0.620. The normalized spacial score (nSPS) is 18.5. The van der Waals surface area contributed by atoms with Gasteiger partial charge in [-0.25, -0.2) is 18.1 Å². The van der Waals surface area contributed by atoms with Crippen molar-refractivity contribution in [2.45, 2.75) is 38.5 Å². The number of halogens is 1. The van der Waals surface area contributed by atoms with Gasteiger partial charge in [0.15, 0.2) is 5.96 Å². The molecule has 0 aromatic rings. The standard InChI is InChI=1S/C14H29N5O3S.HI/c1-6-16-23(21,22)12-7-8-19(10-12)14(17-11(2)3)15-9-13(20)18(4)5;/h11-12,16H,6-10H2,1-5H3,(H,15,17);1H. The number of likely N-dealkylation sites (N-methyl/N-ethyl adjacent to an activating group) is 1. The molecule has 142 valence electrons. The maximum atomic E-state index is 12.1. The van der Waals surface area contributed by atoms with E-state index in [1.54, 1.807) is 21.0 Å². The number of carbonyl (C=O) groups is 1. The molecule has 0 aliphatic carbocycles. The molecule has 1 rings (SSSR count). The Balaban J connectivity index is 0.00000529. The molecule has 0 bridgehead atoms. The average Bonchev–Trinajstić information content (AvgIpc) is 2.92. The summed E-state index contributed by atoms with van der Waals surface area (Å²) in [6.07, 6.45) is 0.551. The summed E-state index contributed by atoms with van der Waals surface area (Å²) >= 11 is 0. The molecule has 1 aliphatic rings. The summed E-state index contributed by atoms with van der Waals surface area (Å²) in [6, 6.07) is 0.146. The predicted octanol–water partition coefficient (Wildman–Crippen LogP) is 0.0602. The van der Waals surface area contributed by atoms with Gasteiger partial charge in [-0.2, -0.15) is 0 Å². The van der Waals surface area contributed by atoms with E-state index in [9.17, 15) is 13.2 Å². The lowest BCUT2D eigenvalue weighted by Gasteiger charge is -2.24. The van der Waals surface area contributed by atoms with E-state index in [2.05, 4.69) is 15.0 Å². The third-order valence-corrected chi connectivity index (χ3v) is 5.46. The van der Waals surface area contributed by atoms with E-state index in [0.29, 0.717) is 32.0 Å². The number of nitrogens with one attached hydrogen (secondary N) is 2. The lowest BCUT2D eigenvalue weighted by Crippen LogP contribution is -2.45. The molecule has 1 aliphatic heterocycles. The molecule has 0 aromatic carbocycles. The van der Waals surface area contributed by atoms with Crippen LogP contribution >= 0.6 is 24.0 Å². The Morgan fingerprint density at radius 2 is 2.00 bits per heavy atom. The van der Waals surface area contributed by atoms with Crippen LogP contribution < -0.4 is 10.0 Å². The maximum absolute atomic E-state index is 12.1. The summed E-state index contributed by atoms with van der Waals surface area (Å²) in [5.41, 5.74) is 0. The Bertz CT molecular complexity index is 537. The number of hydrogen-bond donors (Lipinski definition) is 2. The van der Waals surface area contributed by atoms with Crippen molar-refractivity contribution >= 4 is 45.9 Å². The van der Waals surface area contributed by atoms with Crippen LogP contribution in [-0.4, -0.2) is 81.7 Å². The highest BCUT2D eigenvalue weighted by Gasteiger charge is 2.34. The van der Waals surface area contributed by atoms with Gasteiger partial charge in [0.25, 0.3) is 0 Å². The number of aliphatic imine (C=N–C) groups is 1. The van der Waals surface area contributed by atoms with Crippen molar-refractivity contribution in [1.82, 2.24) is 19.8 Å².